The van der Waals surface area contributed by atoms with Crippen LogP contribution in [0, 0.1) is 0 Å². The van der Waals surface area contributed by atoms with E-state index in [1.165, 1.54) is 4.90 Å². The molecule has 8 N–H and O–H groups in total. The van der Waals surface area contributed by atoms with E-state index < -0.39 is 35.5 Å². The Morgan fingerprint density at radius 2 is 1.90 bits per heavy atom. The van der Waals surface area contributed by atoms with Crippen molar-refractivity contribution in [3.8, 4) is 5.75 Å². The maximum absolute atomic E-state index is 13.6. The predicted octanol–water partition coefficient (Wildman–Crippen LogP) is -2.58. The number of aliphatic hydroxyl groups is 2. The van der Waals surface area contributed by atoms with Gasteiger partial charge in [-0.1, -0.05) is 12.1 Å². The third kappa shape index (κ3) is 3.18. The molecule has 4 atom stereocenters. The Balaban J connectivity index is 1.20. The van der Waals surface area contributed by atoms with Crippen molar-refractivity contribution in [2.24, 2.45) is 21.5 Å². The lowest BCUT2D eigenvalue weighted by Gasteiger charge is -2.49. The summed E-state index contributed by atoms with van der Waals surface area (Å²) in [5, 5.41) is 29.0. The van der Waals surface area contributed by atoms with Gasteiger partial charge in [0.05, 0.1) is 24.8 Å². The van der Waals surface area contributed by atoms with Gasteiger partial charge >= 0.3 is 0 Å². The second kappa shape index (κ2) is 7.82. The first-order valence-corrected chi connectivity index (χ1v) is 13.1. The molecule has 1 aromatic rings. The molecule has 5 aliphatic heterocycles. The van der Waals surface area contributed by atoms with Gasteiger partial charge in [-0.3, -0.25) is 19.3 Å². The number of guanidine groups is 2. The lowest BCUT2D eigenvalue weighted by molar-refractivity contribution is -0.230. The van der Waals surface area contributed by atoms with Crippen molar-refractivity contribution in [2.75, 3.05) is 19.7 Å². The number of aliphatic imine (C=N–C) groups is 2. The van der Waals surface area contributed by atoms with Crippen LogP contribution in [0.15, 0.2) is 28.2 Å². The Morgan fingerprint density at radius 1 is 1.15 bits per heavy atom. The van der Waals surface area contributed by atoms with E-state index in [4.69, 9.17) is 16.2 Å². The van der Waals surface area contributed by atoms with Crippen LogP contribution in [0.25, 0.3) is 0 Å². The fraction of sp³-hybridized carbons (Fsp3) is 0.560. The van der Waals surface area contributed by atoms with E-state index >= 15 is 0 Å². The van der Waals surface area contributed by atoms with Crippen molar-refractivity contribution in [3.63, 3.8) is 0 Å². The van der Waals surface area contributed by atoms with Gasteiger partial charge in [0.2, 0.25) is 17.6 Å². The fourth-order valence-electron chi connectivity index (χ4n) is 6.93. The van der Waals surface area contributed by atoms with Crippen LogP contribution in [0.4, 0.5) is 0 Å². The molecule has 14 nitrogen and oxygen atoms in total. The van der Waals surface area contributed by atoms with Crippen LogP contribution < -0.4 is 26.8 Å². The number of hydrogen-bond acceptors (Lipinski definition) is 12. The predicted molar refractivity (Wildman–Crippen MR) is 135 cm³/mol. The number of benzene rings is 1. The Morgan fingerprint density at radius 3 is 2.62 bits per heavy atom. The number of hydrogen-bond donors (Lipinski definition) is 6. The highest BCUT2D eigenvalue weighted by molar-refractivity contribution is 6.02. The molecule has 7 rings (SSSR count). The number of carbonyl (C=O) groups excluding carboxylic acids is 3. The van der Waals surface area contributed by atoms with Crippen molar-refractivity contribution in [1.29, 1.82) is 0 Å². The van der Waals surface area contributed by atoms with Gasteiger partial charge in [-0.2, -0.15) is 0 Å². The smallest absolute Gasteiger partial charge is 0.255 e. The molecule has 2 spiro atoms. The van der Waals surface area contributed by atoms with E-state index in [0.29, 0.717) is 17.9 Å². The SMILES string of the molecule is NC1=NC2[C@H](CN3C(=O)CCC3=O)N=C(N)N3CC(NC(=O)c4cccc5c4OCCC54CC4)C(O)(O)C23N1. The van der Waals surface area contributed by atoms with Crippen molar-refractivity contribution < 1.29 is 29.3 Å². The molecule has 206 valence electrons. The molecule has 0 radical (unpaired) electrons. The molecule has 3 fully saturated rings. The molecule has 0 bridgehead atoms. The monoisotopic (exact) mass is 538 g/mol. The Labute approximate surface area is 223 Å². The zero-order valence-electron chi connectivity index (χ0n) is 21.1. The number of para-hydroxylation sites is 1. The highest BCUT2D eigenvalue weighted by Gasteiger charge is 2.73. The van der Waals surface area contributed by atoms with Crippen LogP contribution in [0.3, 0.4) is 0 Å². The van der Waals surface area contributed by atoms with Crippen LogP contribution in [0.2, 0.25) is 0 Å². The minimum absolute atomic E-state index is 0.0580. The van der Waals surface area contributed by atoms with Gasteiger partial charge in [-0.25, -0.2) is 9.98 Å². The minimum Gasteiger partial charge on any atom is -0.492 e. The normalized spacial score (nSPS) is 33.0. The summed E-state index contributed by atoms with van der Waals surface area (Å²) in [5.74, 6) is -3.47. The van der Waals surface area contributed by atoms with Crippen LogP contribution in [-0.4, -0.2) is 98.9 Å². The number of rotatable bonds is 4. The molecule has 1 saturated carbocycles. The quantitative estimate of drug-likeness (QED) is 0.174. The average Bonchev–Trinajstić information content (AvgIpc) is 3.38. The molecular weight excluding hydrogens is 508 g/mol. The van der Waals surface area contributed by atoms with Crippen LogP contribution in [0.5, 0.6) is 5.75 Å². The summed E-state index contributed by atoms with van der Waals surface area (Å²) in [6, 6.07) is 2.29. The van der Waals surface area contributed by atoms with E-state index in [0.717, 1.165) is 29.7 Å². The molecule has 1 aliphatic carbocycles. The molecule has 6 aliphatic rings. The number of ether oxygens (including phenoxy) is 1. The van der Waals surface area contributed by atoms with E-state index in [2.05, 4.69) is 20.6 Å². The standard InChI is InChI=1S/C25H30N8O6/c26-21-30-19-14(10-32-16(34)4-5-17(32)35)28-22(27)33-11-15(25(37,38)24(19,33)31-21)29-20(36)12-2-1-3-13-18(12)39-9-8-23(13)6-7-23/h1-3,14-15,19,37-38H,4-11H2,(H2,27,28)(H,29,36)(H3,26,30,31)/t14-,15?,19?,24?/m0/s1. The summed E-state index contributed by atoms with van der Waals surface area (Å²) >= 11 is 0. The van der Waals surface area contributed by atoms with Gasteiger partial charge in [0.1, 0.15) is 17.8 Å². The molecule has 14 heteroatoms. The van der Waals surface area contributed by atoms with Crippen molar-refractivity contribution in [3.05, 3.63) is 29.3 Å². The molecule has 3 unspecified atom stereocenters. The van der Waals surface area contributed by atoms with Gasteiger partial charge in [-0.15, -0.1) is 0 Å². The third-order valence-electron chi connectivity index (χ3n) is 9.14. The maximum atomic E-state index is 13.6. The zero-order valence-corrected chi connectivity index (χ0v) is 21.1. The van der Waals surface area contributed by atoms with E-state index in [1.54, 1.807) is 6.07 Å². The third-order valence-corrected chi connectivity index (χ3v) is 9.14. The summed E-state index contributed by atoms with van der Waals surface area (Å²) < 4.78 is 5.91. The number of carbonyl (C=O) groups is 3. The van der Waals surface area contributed by atoms with Crippen molar-refractivity contribution >= 4 is 29.6 Å². The Hall–Kier alpha value is -3.91. The number of amides is 3. The Kier molecular flexibility index (Phi) is 4.84. The number of imide groups is 1. The topological polar surface area (TPSA) is 208 Å². The molecule has 2 saturated heterocycles. The molecule has 0 aromatic heterocycles. The number of fused-ring (bicyclic) bond motifs is 2. The second-order valence-corrected chi connectivity index (χ2v) is 11.2. The summed E-state index contributed by atoms with van der Waals surface area (Å²) in [6.07, 6.45) is 3.21. The molecule has 39 heavy (non-hydrogen) atoms. The number of nitrogens with zero attached hydrogens (tertiary/aromatic N) is 4. The summed E-state index contributed by atoms with van der Waals surface area (Å²) in [4.78, 5) is 49.5. The summed E-state index contributed by atoms with van der Waals surface area (Å²) in [5.41, 5.74) is 11.9. The first kappa shape index (κ1) is 24.2. The van der Waals surface area contributed by atoms with Gasteiger partial charge in [-0.05, 0) is 25.3 Å². The molecule has 3 amide bonds. The van der Waals surface area contributed by atoms with Crippen LogP contribution in [-0.2, 0) is 15.0 Å². The summed E-state index contributed by atoms with van der Waals surface area (Å²) in [6.45, 7) is 0.258. The molecule has 1 aromatic carbocycles. The number of likely N-dealkylation sites (tertiary alicyclic amines) is 1. The van der Waals surface area contributed by atoms with Crippen molar-refractivity contribution in [2.45, 2.75) is 67.1 Å². The van der Waals surface area contributed by atoms with E-state index in [1.807, 2.05) is 12.1 Å². The van der Waals surface area contributed by atoms with Gasteiger partial charge < -0.3 is 42.0 Å². The second-order valence-electron chi connectivity index (χ2n) is 11.2. The minimum atomic E-state index is -2.64. The first-order chi connectivity index (χ1) is 18.6. The van der Waals surface area contributed by atoms with Crippen LogP contribution in [0.1, 0.15) is 48.0 Å². The lowest BCUT2D eigenvalue weighted by Crippen LogP contribution is -2.78. The van der Waals surface area contributed by atoms with Gasteiger partial charge in [0.15, 0.2) is 17.6 Å². The van der Waals surface area contributed by atoms with Crippen molar-refractivity contribution in [1.82, 2.24) is 20.4 Å². The van der Waals surface area contributed by atoms with E-state index in [-0.39, 0.29) is 55.1 Å². The molecule has 5 heterocycles. The number of nitrogens with one attached hydrogen (secondary N) is 2. The summed E-state index contributed by atoms with van der Waals surface area (Å²) in [7, 11) is 0. The average molecular weight is 539 g/mol. The highest BCUT2D eigenvalue weighted by Crippen LogP contribution is 2.56. The molecular formula is C25H30N8O6. The number of nitrogens with two attached hydrogens (primary N) is 2. The maximum Gasteiger partial charge on any atom is 0.255 e. The Bertz CT molecular complexity index is 1360. The fourth-order valence-corrected chi connectivity index (χ4v) is 6.93. The first-order valence-electron chi connectivity index (χ1n) is 13.1. The van der Waals surface area contributed by atoms with Gasteiger partial charge in [0, 0.05) is 30.4 Å². The largest absolute Gasteiger partial charge is 0.492 e. The van der Waals surface area contributed by atoms with E-state index in [9.17, 15) is 24.6 Å². The lowest BCUT2D eigenvalue weighted by atomic mass is 9.84. The highest BCUT2D eigenvalue weighted by atomic mass is 16.5. The zero-order chi connectivity index (χ0) is 27.3. The van der Waals surface area contributed by atoms with Gasteiger partial charge in [0.25, 0.3) is 5.91 Å². The van der Waals surface area contributed by atoms with Crippen LogP contribution >= 0.6 is 0 Å².